The number of carbonyl (C=O) groups excluding carboxylic acids is 1. The topological polar surface area (TPSA) is 41.5 Å². The molecule has 1 aliphatic rings. The first-order chi connectivity index (χ1) is 11.6. The number of benzene rings is 1. The summed E-state index contributed by atoms with van der Waals surface area (Å²) in [5, 5.41) is 6.28. The Morgan fingerprint density at radius 1 is 1.33 bits per heavy atom. The Kier molecular flexibility index (Phi) is 5.14. The van der Waals surface area contributed by atoms with Gasteiger partial charge >= 0.3 is 0 Å². The van der Waals surface area contributed by atoms with Crippen LogP contribution in [0, 0.1) is 5.92 Å². The minimum absolute atomic E-state index is 0.0911. The summed E-state index contributed by atoms with van der Waals surface area (Å²) in [6, 6.07) is 8.31. The lowest BCUT2D eigenvalue weighted by Crippen LogP contribution is -2.21. The summed E-state index contributed by atoms with van der Waals surface area (Å²) >= 11 is 1.71. The molecule has 1 aliphatic carbocycles. The number of carbonyl (C=O) groups is 1. The second-order valence-corrected chi connectivity index (χ2v) is 7.55. The van der Waals surface area contributed by atoms with Crippen molar-refractivity contribution in [3.05, 3.63) is 56.8 Å². The van der Waals surface area contributed by atoms with E-state index in [1.54, 1.807) is 11.3 Å². The molecule has 1 aromatic heterocycles. The van der Waals surface area contributed by atoms with Crippen molar-refractivity contribution in [2.24, 2.45) is 11.0 Å². The number of hydrazone groups is 1. The van der Waals surface area contributed by atoms with Crippen molar-refractivity contribution >= 4 is 23.0 Å². The third-order valence-electron chi connectivity index (χ3n) is 4.75. The van der Waals surface area contributed by atoms with Gasteiger partial charge in [-0.25, -0.2) is 5.43 Å². The summed E-state index contributed by atoms with van der Waals surface area (Å²) in [5.74, 6) is 0.630. The molecule has 1 amide bonds. The van der Waals surface area contributed by atoms with Gasteiger partial charge in [-0.05, 0) is 55.2 Å². The molecule has 0 radical (unpaired) electrons. The Hall–Kier alpha value is -1.94. The highest BCUT2D eigenvalue weighted by Crippen LogP contribution is 2.32. The maximum Gasteiger partial charge on any atom is 0.272 e. The van der Waals surface area contributed by atoms with Crippen LogP contribution in [0.15, 0.2) is 34.7 Å². The number of aryl methyl sites for hydroxylation is 1. The highest BCUT2D eigenvalue weighted by atomic mass is 32.1. The standard InChI is InChI=1S/C20H24N2OS/c1-4-15-6-8-16(9-7-15)14(3)21-22-20(23)18-12-24-19-11-13(2)5-10-17(18)19/h6-9,12-13H,4-5,10-11H2,1-3H3,(H,22,23). The van der Waals surface area contributed by atoms with Gasteiger partial charge in [-0.3, -0.25) is 4.79 Å². The van der Waals surface area contributed by atoms with Crippen LogP contribution in [-0.2, 0) is 19.3 Å². The molecule has 0 bridgehead atoms. The lowest BCUT2D eigenvalue weighted by atomic mass is 9.88. The molecule has 3 nitrogen and oxygen atoms in total. The largest absolute Gasteiger partial charge is 0.272 e. The predicted molar refractivity (Wildman–Crippen MR) is 101 cm³/mol. The van der Waals surface area contributed by atoms with E-state index in [4.69, 9.17) is 0 Å². The molecule has 0 saturated carbocycles. The van der Waals surface area contributed by atoms with Crippen molar-refractivity contribution in [2.75, 3.05) is 0 Å². The Labute approximate surface area is 147 Å². The third-order valence-corrected chi connectivity index (χ3v) is 5.80. The molecule has 24 heavy (non-hydrogen) atoms. The maximum atomic E-state index is 12.5. The van der Waals surface area contributed by atoms with Gasteiger partial charge in [0.05, 0.1) is 11.3 Å². The highest BCUT2D eigenvalue weighted by molar-refractivity contribution is 7.10. The summed E-state index contributed by atoms with van der Waals surface area (Å²) in [7, 11) is 0. The third kappa shape index (κ3) is 3.59. The van der Waals surface area contributed by atoms with Gasteiger partial charge in [-0.2, -0.15) is 5.10 Å². The van der Waals surface area contributed by atoms with Crippen LogP contribution in [0.2, 0.25) is 0 Å². The van der Waals surface area contributed by atoms with Crippen molar-refractivity contribution in [1.29, 1.82) is 0 Å². The zero-order valence-corrected chi connectivity index (χ0v) is 15.4. The Balaban J connectivity index is 1.70. The van der Waals surface area contributed by atoms with Crippen molar-refractivity contribution in [3.63, 3.8) is 0 Å². The van der Waals surface area contributed by atoms with Crippen LogP contribution in [-0.4, -0.2) is 11.6 Å². The number of rotatable bonds is 4. The van der Waals surface area contributed by atoms with Crippen LogP contribution in [0.3, 0.4) is 0 Å². The zero-order valence-electron chi connectivity index (χ0n) is 14.6. The summed E-state index contributed by atoms with van der Waals surface area (Å²) in [5.41, 5.74) is 7.93. The minimum atomic E-state index is -0.0911. The fraction of sp³-hybridized carbons (Fsp3) is 0.400. The first-order valence-corrected chi connectivity index (χ1v) is 9.49. The molecule has 0 spiro atoms. The first kappa shape index (κ1) is 16.9. The summed E-state index contributed by atoms with van der Waals surface area (Å²) in [6.07, 6.45) is 4.29. The molecule has 1 N–H and O–H groups in total. The number of hydrogen-bond donors (Lipinski definition) is 1. The number of amides is 1. The highest BCUT2D eigenvalue weighted by Gasteiger charge is 2.23. The first-order valence-electron chi connectivity index (χ1n) is 8.61. The second kappa shape index (κ2) is 7.31. The van der Waals surface area contributed by atoms with E-state index in [-0.39, 0.29) is 5.91 Å². The molecule has 0 aliphatic heterocycles. The smallest absolute Gasteiger partial charge is 0.267 e. The van der Waals surface area contributed by atoms with E-state index >= 15 is 0 Å². The van der Waals surface area contributed by atoms with Crippen molar-refractivity contribution in [3.8, 4) is 0 Å². The van der Waals surface area contributed by atoms with Gasteiger partial charge in [0.15, 0.2) is 0 Å². The molecule has 1 atom stereocenters. The lowest BCUT2D eigenvalue weighted by Gasteiger charge is -2.18. The van der Waals surface area contributed by atoms with Crippen LogP contribution in [0.25, 0.3) is 0 Å². The zero-order chi connectivity index (χ0) is 17.1. The average Bonchev–Trinajstić information content (AvgIpc) is 3.02. The lowest BCUT2D eigenvalue weighted by molar-refractivity contribution is 0.0954. The maximum absolute atomic E-state index is 12.5. The number of fused-ring (bicyclic) bond motifs is 1. The summed E-state index contributed by atoms with van der Waals surface area (Å²) in [6.45, 7) is 6.34. The van der Waals surface area contributed by atoms with Crippen LogP contribution < -0.4 is 5.43 Å². The predicted octanol–water partition coefficient (Wildman–Crippen LogP) is 4.59. The van der Waals surface area contributed by atoms with Gasteiger partial charge in [-0.1, -0.05) is 38.1 Å². The quantitative estimate of drug-likeness (QED) is 0.642. The summed E-state index contributed by atoms with van der Waals surface area (Å²) < 4.78 is 0. The van der Waals surface area contributed by atoms with E-state index in [9.17, 15) is 4.79 Å². The van der Waals surface area contributed by atoms with Gasteiger partial charge in [0.25, 0.3) is 5.91 Å². The molecule has 0 saturated heterocycles. The monoisotopic (exact) mass is 340 g/mol. The SMILES string of the molecule is CCc1ccc(C(C)=NNC(=O)c2csc3c2CCC(C)C3)cc1. The molecule has 126 valence electrons. The Bertz CT molecular complexity index is 758. The second-order valence-electron chi connectivity index (χ2n) is 6.59. The van der Waals surface area contributed by atoms with E-state index in [0.29, 0.717) is 0 Å². The number of thiophene rings is 1. The number of hydrogen-bond acceptors (Lipinski definition) is 3. The van der Waals surface area contributed by atoms with Gasteiger partial charge in [0.1, 0.15) is 0 Å². The van der Waals surface area contributed by atoms with E-state index in [0.717, 1.165) is 48.4 Å². The average molecular weight is 340 g/mol. The van der Waals surface area contributed by atoms with Gasteiger partial charge in [0.2, 0.25) is 0 Å². The molecule has 3 rings (SSSR count). The normalized spacial score (nSPS) is 17.5. The molecule has 0 fully saturated rings. The Morgan fingerprint density at radius 2 is 2.08 bits per heavy atom. The van der Waals surface area contributed by atoms with Gasteiger partial charge < -0.3 is 0 Å². The molecule has 2 aromatic rings. The van der Waals surface area contributed by atoms with Crippen molar-refractivity contribution in [1.82, 2.24) is 5.43 Å². The fourth-order valence-corrected chi connectivity index (χ4v) is 4.35. The van der Waals surface area contributed by atoms with Gasteiger partial charge in [-0.15, -0.1) is 11.3 Å². The van der Waals surface area contributed by atoms with E-state index in [1.807, 2.05) is 12.3 Å². The Morgan fingerprint density at radius 3 is 2.79 bits per heavy atom. The molecular formula is C20H24N2OS. The molecular weight excluding hydrogens is 316 g/mol. The number of nitrogens with zero attached hydrogens (tertiary/aromatic N) is 1. The van der Waals surface area contributed by atoms with Crippen LogP contribution in [0.5, 0.6) is 0 Å². The molecule has 1 aromatic carbocycles. The van der Waals surface area contributed by atoms with Gasteiger partial charge in [0, 0.05) is 10.3 Å². The van der Waals surface area contributed by atoms with E-state index < -0.39 is 0 Å². The summed E-state index contributed by atoms with van der Waals surface area (Å²) in [4.78, 5) is 13.9. The molecule has 1 heterocycles. The number of nitrogens with one attached hydrogen (secondary N) is 1. The molecule has 4 heteroatoms. The minimum Gasteiger partial charge on any atom is -0.267 e. The van der Waals surface area contributed by atoms with Crippen LogP contribution in [0.1, 0.15) is 59.1 Å². The van der Waals surface area contributed by atoms with Crippen LogP contribution >= 0.6 is 11.3 Å². The van der Waals surface area contributed by atoms with E-state index in [1.165, 1.54) is 16.0 Å². The van der Waals surface area contributed by atoms with E-state index in [2.05, 4.69) is 48.6 Å². The van der Waals surface area contributed by atoms with Crippen molar-refractivity contribution < 1.29 is 4.79 Å². The fourth-order valence-electron chi connectivity index (χ4n) is 3.11. The molecule has 1 unspecified atom stereocenters. The van der Waals surface area contributed by atoms with Crippen molar-refractivity contribution in [2.45, 2.75) is 46.5 Å². The van der Waals surface area contributed by atoms with Crippen LogP contribution in [0.4, 0.5) is 0 Å².